The highest BCUT2D eigenvalue weighted by atomic mass is 32.1. The summed E-state index contributed by atoms with van der Waals surface area (Å²) >= 11 is 1.82. The van der Waals surface area contributed by atoms with Crippen LogP contribution >= 0.6 is 11.3 Å². The lowest BCUT2D eigenvalue weighted by molar-refractivity contribution is -0.138. The number of aryl methyl sites for hydroxylation is 2. The fourth-order valence-corrected chi connectivity index (χ4v) is 5.24. The van der Waals surface area contributed by atoms with Crippen molar-refractivity contribution in [3.05, 3.63) is 53.4 Å². The van der Waals surface area contributed by atoms with Crippen molar-refractivity contribution in [3.63, 3.8) is 0 Å². The summed E-state index contributed by atoms with van der Waals surface area (Å²) in [6.45, 7) is 8.31. The molecule has 2 unspecified atom stereocenters. The number of hydrogen-bond donors (Lipinski definition) is 2. The molecular weight excluding hydrogens is 476 g/mol. The number of ether oxygens (including phenoxy) is 2. The molecule has 1 aromatic carbocycles. The summed E-state index contributed by atoms with van der Waals surface area (Å²) in [6.07, 6.45) is 6.06. The molecule has 0 fully saturated rings. The van der Waals surface area contributed by atoms with Gasteiger partial charge in [-0.25, -0.2) is 4.79 Å². The first-order valence-corrected chi connectivity index (χ1v) is 13.6. The van der Waals surface area contributed by atoms with Crippen molar-refractivity contribution in [2.24, 2.45) is 0 Å². The zero-order valence-corrected chi connectivity index (χ0v) is 22.1. The molecule has 2 aromatic heterocycles. The van der Waals surface area contributed by atoms with Crippen LogP contribution in [0.5, 0.6) is 5.75 Å². The van der Waals surface area contributed by atoms with Crippen molar-refractivity contribution in [1.82, 2.24) is 0 Å². The quantitative estimate of drug-likeness (QED) is 0.127. The molecule has 2 N–H and O–H groups in total. The SMILES string of the molecule is C=CC(=O)OCCCC(O)C(O)CCCOc1ccc2cc(-c3sc(CCCCC)cc3C)oc2c1. The third kappa shape index (κ3) is 8.22. The second-order valence-electron chi connectivity index (χ2n) is 9.13. The maximum atomic E-state index is 11.0. The first-order valence-electron chi connectivity index (χ1n) is 12.8. The largest absolute Gasteiger partial charge is 0.493 e. The number of hydrogen-bond acceptors (Lipinski definition) is 7. The van der Waals surface area contributed by atoms with Gasteiger partial charge in [-0.2, -0.15) is 0 Å². The number of aliphatic hydroxyl groups is 2. The van der Waals surface area contributed by atoms with Crippen molar-refractivity contribution in [3.8, 4) is 16.4 Å². The van der Waals surface area contributed by atoms with E-state index in [-0.39, 0.29) is 6.61 Å². The van der Waals surface area contributed by atoms with Crippen LogP contribution in [0.4, 0.5) is 0 Å². The molecule has 196 valence electrons. The summed E-state index contributed by atoms with van der Waals surface area (Å²) in [4.78, 5) is 13.6. The van der Waals surface area contributed by atoms with Crippen LogP contribution in [0.2, 0.25) is 0 Å². The molecule has 0 bridgehead atoms. The van der Waals surface area contributed by atoms with E-state index in [4.69, 9.17) is 13.9 Å². The Morgan fingerprint density at radius 2 is 1.83 bits per heavy atom. The monoisotopic (exact) mass is 514 g/mol. The lowest BCUT2D eigenvalue weighted by Gasteiger charge is -2.17. The van der Waals surface area contributed by atoms with Crippen LogP contribution in [0.1, 0.15) is 62.3 Å². The van der Waals surface area contributed by atoms with Gasteiger partial charge in [0.15, 0.2) is 0 Å². The van der Waals surface area contributed by atoms with E-state index < -0.39 is 18.2 Å². The molecule has 2 heterocycles. The number of thiophene rings is 1. The van der Waals surface area contributed by atoms with Crippen LogP contribution in [0.3, 0.4) is 0 Å². The van der Waals surface area contributed by atoms with Gasteiger partial charge in [0.25, 0.3) is 0 Å². The van der Waals surface area contributed by atoms with Crippen molar-refractivity contribution in [2.45, 2.75) is 77.4 Å². The van der Waals surface area contributed by atoms with Crippen LogP contribution < -0.4 is 4.74 Å². The highest BCUT2D eigenvalue weighted by Crippen LogP contribution is 2.37. The minimum absolute atomic E-state index is 0.195. The summed E-state index contributed by atoms with van der Waals surface area (Å²) in [6, 6.07) is 10.2. The number of unbranched alkanes of at least 4 members (excludes halogenated alkanes) is 2. The number of aliphatic hydroxyl groups excluding tert-OH is 2. The van der Waals surface area contributed by atoms with Crippen molar-refractivity contribution in [1.29, 1.82) is 0 Å². The van der Waals surface area contributed by atoms with E-state index >= 15 is 0 Å². The third-order valence-electron chi connectivity index (χ3n) is 6.12. The molecule has 3 aromatic rings. The Hall–Kier alpha value is -2.61. The summed E-state index contributed by atoms with van der Waals surface area (Å²) in [5.74, 6) is 1.12. The van der Waals surface area contributed by atoms with Crippen LogP contribution in [-0.2, 0) is 16.0 Å². The third-order valence-corrected chi connectivity index (χ3v) is 7.43. The number of esters is 1. The second-order valence-corrected chi connectivity index (χ2v) is 10.3. The molecular formula is C29H38O6S. The van der Waals surface area contributed by atoms with Crippen LogP contribution in [-0.4, -0.2) is 41.6 Å². The molecule has 0 amide bonds. The Morgan fingerprint density at radius 3 is 2.56 bits per heavy atom. The summed E-state index contributed by atoms with van der Waals surface area (Å²) in [5, 5.41) is 21.3. The zero-order valence-electron chi connectivity index (χ0n) is 21.3. The zero-order chi connectivity index (χ0) is 25.9. The molecule has 0 aliphatic rings. The molecule has 0 radical (unpaired) electrons. The number of furan rings is 1. The first-order chi connectivity index (χ1) is 17.4. The van der Waals surface area contributed by atoms with Gasteiger partial charge in [-0.15, -0.1) is 11.3 Å². The van der Waals surface area contributed by atoms with E-state index in [1.165, 1.54) is 34.6 Å². The Labute approximate surface area is 217 Å². The first kappa shape index (κ1) is 28.0. The summed E-state index contributed by atoms with van der Waals surface area (Å²) in [7, 11) is 0. The van der Waals surface area contributed by atoms with Crippen LogP contribution in [0, 0.1) is 6.92 Å². The van der Waals surface area contributed by atoms with Gasteiger partial charge in [0.05, 0.1) is 30.3 Å². The standard InChI is InChI=1S/C29H38O6S/c1-4-6-7-10-23-17-20(3)29(36-23)27-18-21-13-14-22(19-26(21)35-27)33-15-8-11-24(30)25(31)12-9-16-34-28(32)5-2/h5,13-14,17-19,24-25,30-31H,2,4,6-12,15-16H2,1,3H3. The van der Waals surface area contributed by atoms with Crippen molar-refractivity contribution in [2.75, 3.05) is 13.2 Å². The highest BCUT2D eigenvalue weighted by molar-refractivity contribution is 7.15. The van der Waals surface area contributed by atoms with Gasteiger partial charge in [0.2, 0.25) is 0 Å². The van der Waals surface area contributed by atoms with Gasteiger partial charge in [-0.1, -0.05) is 26.3 Å². The number of rotatable bonds is 16. The molecule has 6 nitrogen and oxygen atoms in total. The van der Waals surface area contributed by atoms with Crippen molar-refractivity contribution < 1.29 is 28.9 Å². The molecule has 0 aliphatic carbocycles. The Morgan fingerprint density at radius 1 is 1.08 bits per heavy atom. The maximum Gasteiger partial charge on any atom is 0.330 e. The van der Waals surface area contributed by atoms with Crippen LogP contribution in [0.25, 0.3) is 21.6 Å². The molecule has 36 heavy (non-hydrogen) atoms. The number of fused-ring (bicyclic) bond motifs is 1. The maximum absolute atomic E-state index is 11.0. The second kappa shape index (κ2) is 14.2. The minimum Gasteiger partial charge on any atom is -0.493 e. The number of carbonyl (C=O) groups excluding carboxylic acids is 1. The summed E-state index contributed by atoms with van der Waals surface area (Å²) in [5.41, 5.74) is 2.04. The van der Waals surface area contributed by atoms with Crippen LogP contribution in [0.15, 0.2) is 47.4 Å². The molecule has 3 rings (SSSR count). The average molecular weight is 515 g/mol. The van der Waals surface area contributed by atoms with E-state index in [0.29, 0.717) is 38.0 Å². The smallest absolute Gasteiger partial charge is 0.330 e. The van der Waals surface area contributed by atoms with Crippen molar-refractivity contribution >= 4 is 28.3 Å². The van der Waals surface area contributed by atoms with E-state index in [2.05, 4.69) is 32.6 Å². The molecule has 0 saturated carbocycles. The van der Waals surface area contributed by atoms with Gasteiger partial charge in [0, 0.05) is 22.4 Å². The van der Waals surface area contributed by atoms with E-state index in [1.54, 1.807) is 0 Å². The molecule has 2 atom stereocenters. The Bertz CT molecular complexity index is 1110. The highest BCUT2D eigenvalue weighted by Gasteiger charge is 2.16. The lowest BCUT2D eigenvalue weighted by atomic mass is 10.0. The van der Waals surface area contributed by atoms with E-state index in [0.717, 1.165) is 29.2 Å². The molecule has 7 heteroatoms. The van der Waals surface area contributed by atoms with Gasteiger partial charge in [0.1, 0.15) is 17.1 Å². The topological polar surface area (TPSA) is 89.1 Å². The average Bonchev–Trinajstić information content (AvgIpc) is 3.46. The predicted octanol–water partition coefficient (Wildman–Crippen LogP) is 6.59. The van der Waals surface area contributed by atoms with Gasteiger partial charge >= 0.3 is 5.97 Å². The Balaban J connectivity index is 1.46. The predicted molar refractivity (Wildman–Crippen MR) is 145 cm³/mol. The lowest BCUT2D eigenvalue weighted by Crippen LogP contribution is -2.26. The van der Waals surface area contributed by atoms with Gasteiger partial charge in [-0.05, 0) is 75.3 Å². The fraction of sp³-hybridized carbons (Fsp3) is 0.483. The van der Waals surface area contributed by atoms with E-state index in [1.807, 2.05) is 29.5 Å². The van der Waals surface area contributed by atoms with E-state index in [9.17, 15) is 15.0 Å². The fourth-order valence-electron chi connectivity index (χ4n) is 4.07. The van der Waals surface area contributed by atoms with Gasteiger partial charge in [-0.3, -0.25) is 0 Å². The normalized spacial score (nSPS) is 13.0. The number of benzene rings is 1. The molecule has 0 aliphatic heterocycles. The minimum atomic E-state index is -0.863. The molecule has 0 spiro atoms. The number of carbonyl (C=O) groups is 1. The Kier molecular flexibility index (Phi) is 11.0. The summed E-state index contributed by atoms with van der Waals surface area (Å²) < 4.78 is 16.9. The van der Waals surface area contributed by atoms with Gasteiger partial charge < -0.3 is 24.1 Å². The molecule has 0 saturated heterocycles.